The summed E-state index contributed by atoms with van der Waals surface area (Å²) >= 11 is 2.20. The Morgan fingerprint density at radius 1 is 1.53 bits per heavy atom. The predicted molar refractivity (Wildman–Crippen MR) is 67.6 cm³/mol. The normalized spacial score (nSPS) is 12.2. The third-order valence-corrected chi connectivity index (χ3v) is 2.62. The summed E-state index contributed by atoms with van der Waals surface area (Å²) in [6.07, 6.45) is -0.593. The quantitative estimate of drug-likeness (QED) is 0.820. The van der Waals surface area contributed by atoms with E-state index in [1.165, 1.54) is 7.11 Å². The highest BCUT2D eigenvalue weighted by Gasteiger charge is 2.15. The Morgan fingerprint density at radius 2 is 2.13 bits per heavy atom. The molecule has 4 nitrogen and oxygen atoms in total. The molecule has 0 aliphatic heterocycles. The van der Waals surface area contributed by atoms with Crippen molar-refractivity contribution in [1.29, 1.82) is 0 Å². The first-order valence-electron chi connectivity index (χ1n) is 4.46. The van der Waals surface area contributed by atoms with Gasteiger partial charge in [0.2, 0.25) is 0 Å². The van der Waals surface area contributed by atoms with Crippen molar-refractivity contribution < 1.29 is 9.53 Å². The van der Waals surface area contributed by atoms with Crippen LogP contribution in [0.15, 0.2) is 24.3 Å². The van der Waals surface area contributed by atoms with E-state index in [4.69, 9.17) is 10.5 Å². The van der Waals surface area contributed by atoms with Crippen molar-refractivity contribution >= 4 is 34.2 Å². The minimum atomic E-state index is -0.593. The van der Waals surface area contributed by atoms with E-state index < -0.39 is 6.10 Å². The molecule has 0 spiro atoms. The molecular formula is C10H13IN2O2. The van der Waals surface area contributed by atoms with Crippen LogP contribution in [0.4, 0.5) is 5.69 Å². The maximum absolute atomic E-state index is 11.5. The van der Waals surface area contributed by atoms with Crippen LogP contribution in [0.25, 0.3) is 0 Å². The number of rotatable bonds is 4. The first kappa shape index (κ1) is 12.4. The number of nitrogens with two attached hydrogens (primary N) is 1. The lowest BCUT2D eigenvalue weighted by atomic mass is 10.3. The van der Waals surface area contributed by atoms with Gasteiger partial charge >= 0.3 is 0 Å². The van der Waals surface area contributed by atoms with Crippen molar-refractivity contribution in [3.05, 3.63) is 27.8 Å². The van der Waals surface area contributed by atoms with E-state index in [-0.39, 0.29) is 12.5 Å². The number of hydrogen-bond donors (Lipinski definition) is 2. The molecule has 0 fully saturated rings. The summed E-state index contributed by atoms with van der Waals surface area (Å²) in [4.78, 5) is 11.5. The van der Waals surface area contributed by atoms with Gasteiger partial charge in [-0.25, -0.2) is 0 Å². The molecule has 0 aliphatic rings. The summed E-state index contributed by atoms with van der Waals surface area (Å²) in [5.74, 6) is -0.221. The molecular weight excluding hydrogens is 307 g/mol. The standard InChI is InChI=1S/C10H13IN2O2/c1-15-9(6-12)10(14)13-8-4-2-7(11)3-5-8/h2-5,9H,6,12H2,1H3,(H,13,14). The number of nitrogens with one attached hydrogen (secondary N) is 1. The van der Waals surface area contributed by atoms with Gasteiger partial charge in [0.25, 0.3) is 5.91 Å². The second kappa shape index (κ2) is 6.04. The van der Waals surface area contributed by atoms with E-state index in [2.05, 4.69) is 27.9 Å². The first-order chi connectivity index (χ1) is 7.17. The first-order valence-corrected chi connectivity index (χ1v) is 5.54. The maximum atomic E-state index is 11.5. The minimum absolute atomic E-state index is 0.173. The monoisotopic (exact) mass is 320 g/mol. The summed E-state index contributed by atoms with van der Waals surface area (Å²) in [6.45, 7) is 0.173. The molecule has 0 saturated carbocycles. The van der Waals surface area contributed by atoms with E-state index in [1.54, 1.807) is 0 Å². The van der Waals surface area contributed by atoms with E-state index in [1.807, 2.05) is 24.3 Å². The van der Waals surface area contributed by atoms with Crippen LogP contribution in [0.1, 0.15) is 0 Å². The Kier molecular flexibility index (Phi) is 5.00. The Morgan fingerprint density at radius 3 is 2.60 bits per heavy atom. The molecule has 0 aliphatic carbocycles. The van der Waals surface area contributed by atoms with Crippen LogP contribution in [0.3, 0.4) is 0 Å². The van der Waals surface area contributed by atoms with Gasteiger partial charge in [0.05, 0.1) is 0 Å². The maximum Gasteiger partial charge on any atom is 0.254 e. The van der Waals surface area contributed by atoms with Gasteiger partial charge in [0, 0.05) is 22.9 Å². The van der Waals surface area contributed by atoms with Crippen molar-refractivity contribution in [2.45, 2.75) is 6.10 Å². The molecule has 0 bridgehead atoms. The lowest BCUT2D eigenvalue weighted by molar-refractivity contribution is -0.125. The lowest BCUT2D eigenvalue weighted by Crippen LogP contribution is -2.35. The summed E-state index contributed by atoms with van der Waals surface area (Å²) in [7, 11) is 1.46. The molecule has 5 heteroatoms. The number of carbonyl (C=O) groups excluding carboxylic acids is 1. The van der Waals surface area contributed by atoms with Crippen molar-refractivity contribution in [1.82, 2.24) is 0 Å². The summed E-state index contributed by atoms with van der Waals surface area (Å²) in [5, 5.41) is 2.72. The van der Waals surface area contributed by atoms with E-state index >= 15 is 0 Å². The molecule has 0 radical (unpaired) electrons. The average molecular weight is 320 g/mol. The van der Waals surface area contributed by atoms with Gasteiger partial charge in [-0.3, -0.25) is 4.79 Å². The predicted octanol–water partition coefficient (Wildman–Crippen LogP) is 1.20. The van der Waals surface area contributed by atoms with Crippen LogP contribution < -0.4 is 11.1 Å². The molecule has 1 unspecified atom stereocenters. The molecule has 0 aromatic heterocycles. The number of ether oxygens (including phenoxy) is 1. The fourth-order valence-electron chi connectivity index (χ4n) is 1.07. The fraction of sp³-hybridized carbons (Fsp3) is 0.300. The third kappa shape index (κ3) is 3.77. The third-order valence-electron chi connectivity index (χ3n) is 1.90. The highest BCUT2D eigenvalue weighted by atomic mass is 127. The molecule has 0 saturated heterocycles. The second-order valence-electron chi connectivity index (χ2n) is 2.96. The topological polar surface area (TPSA) is 64.3 Å². The van der Waals surface area contributed by atoms with Gasteiger partial charge < -0.3 is 15.8 Å². The number of hydrogen-bond acceptors (Lipinski definition) is 3. The van der Waals surface area contributed by atoms with Crippen molar-refractivity contribution in [2.24, 2.45) is 5.73 Å². The molecule has 1 rings (SSSR count). The Bertz CT molecular complexity index is 323. The molecule has 82 valence electrons. The van der Waals surface area contributed by atoms with Crippen molar-refractivity contribution in [3.8, 4) is 0 Å². The number of anilines is 1. The highest BCUT2D eigenvalue weighted by Crippen LogP contribution is 2.11. The minimum Gasteiger partial charge on any atom is -0.370 e. The summed E-state index contributed by atoms with van der Waals surface area (Å²) < 4.78 is 6.04. The summed E-state index contributed by atoms with van der Waals surface area (Å²) in [5.41, 5.74) is 6.12. The zero-order valence-electron chi connectivity index (χ0n) is 8.37. The molecule has 15 heavy (non-hydrogen) atoms. The van der Waals surface area contributed by atoms with E-state index in [0.29, 0.717) is 0 Å². The van der Waals surface area contributed by atoms with Crippen molar-refractivity contribution in [2.75, 3.05) is 19.0 Å². The van der Waals surface area contributed by atoms with Crippen LogP contribution in [0.2, 0.25) is 0 Å². The average Bonchev–Trinajstić information content (AvgIpc) is 2.23. The molecule has 0 heterocycles. The molecule has 1 aromatic rings. The van der Waals surface area contributed by atoms with Crippen LogP contribution in [0, 0.1) is 3.57 Å². The Labute approximate surface area is 102 Å². The number of halogens is 1. The van der Waals surface area contributed by atoms with Crippen LogP contribution in [-0.2, 0) is 9.53 Å². The molecule has 1 amide bonds. The van der Waals surface area contributed by atoms with Gasteiger partial charge in [-0.2, -0.15) is 0 Å². The fourth-order valence-corrected chi connectivity index (χ4v) is 1.43. The molecule has 1 aromatic carbocycles. The van der Waals surface area contributed by atoms with Gasteiger partial charge in [0.1, 0.15) is 6.10 Å². The van der Waals surface area contributed by atoms with Crippen LogP contribution in [0.5, 0.6) is 0 Å². The van der Waals surface area contributed by atoms with Gasteiger partial charge in [-0.1, -0.05) is 0 Å². The second-order valence-corrected chi connectivity index (χ2v) is 4.20. The molecule has 3 N–H and O–H groups in total. The van der Waals surface area contributed by atoms with Gasteiger partial charge in [0.15, 0.2) is 0 Å². The lowest BCUT2D eigenvalue weighted by Gasteiger charge is -2.12. The smallest absolute Gasteiger partial charge is 0.254 e. The van der Waals surface area contributed by atoms with Gasteiger partial charge in [-0.05, 0) is 46.9 Å². The molecule has 1 atom stereocenters. The zero-order chi connectivity index (χ0) is 11.3. The number of amides is 1. The van der Waals surface area contributed by atoms with E-state index in [9.17, 15) is 4.79 Å². The number of benzene rings is 1. The van der Waals surface area contributed by atoms with Crippen molar-refractivity contribution in [3.63, 3.8) is 0 Å². The number of carbonyl (C=O) groups is 1. The number of methoxy groups -OCH3 is 1. The van der Waals surface area contributed by atoms with Crippen LogP contribution in [-0.4, -0.2) is 25.7 Å². The Hall–Kier alpha value is -0.660. The largest absolute Gasteiger partial charge is 0.370 e. The van der Waals surface area contributed by atoms with Gasteiger partial charge in [-0.15, -0.1) is 0 Å². The van der Waals surface area contributed by atoms with Crippen LogP contribution >= 0.6 is 22.6 Å². The van der Waals surface area contributed by atoms with E-state index in [0.717, 1.165) is 9.26 Å². The highest BCUT2D eigenvalue weighted by molar-refractivity contribution is 14.1. The SMILES string of the molecule is COC(CN)C(=O)Nc1ccc(I)cc1. The zero-order valence-corrected chi connectivity index (χ0v) is 10.5. The Balaban J connectivity index is 2.61. The summed E-state index contributed by atoms with van der Waals surface area (Å²) in [6, 6.07) is 7.51.